The Morgan fingerprint density at radius 3 is 1.30 bits per heavy atom. The standard InChI is InChI=1S/C22H28N2O2S4/c1-5-23(15-17-7-11-19(25-3)12-8-17)21(27)29-30-22(28)24(6-2)16-18-9-13-20(26-4)14-10-18/h7-14H,5-6,15-16H2,1-4H3. The molecule has 162 valence electrons. The molecular formula is C22H28N2O2S4. The van der Waals surface area contributed by atoms with Crippen molar-refractivity contribution in [2.24, 2.45) is 0 Å². The summed E-state index contributed by atoms with van der Waals surface area (Å²) in [5.74, 6) is 1.72. The maximum absolute atomic E-state index is 5.67. The Hall–Kier alpha value is -1.48. The monoisotopic (exact) mass is 480 g/mol. The van der Waals surface area contributed by atoms with Gasteiger partial charge in [0.15, 0.2) is 0 Å². The van der Waals surface area contributed by atoms with Crippen LogP contribution in [-0.4, -0.2) is 45.7 Å². The molecule has 0 saturated carbocycles. The zero-order chi connectivity index (χ0) is 21.9. The number of methoxy groups -OCH3 is 2. The van der Waals surface area contributed by atoms with E-state index < -0.39 is 0 Å². The van der Waals surface area contributed by atoms with Crippen molar-refractivity contribution in [3.63, 3.8) is 0 Å². The minimum absolute atomic E-state index is 0.767. The summed E-state index contributed by atoms with van der Waals surface area (Å²) in [5.41, 5.74) is 2.39. The van der Waals surface area contributed by atoms with Gasteiger partial charge < -0.3 is 19.3 Å². The number of hydrogen-bond donors (Lipinski definition) is 0. The second-order valence-corrected chi connectivity index (χ2v) is 9.82. The zero-order valence-electron chi connectivity index (χ0n) is 17.8. The third-order valence-corrected chi connectivity index (χ3v) is 8.26. The van der Waals surface area contributed by atoms with Crippen LogP contribution >= 0.6 is 46.0 Å². The van der Waals surface area contributed by atoms with Gasteiger partial charge in [-0.05, 0) is 70.8 Å². The highest BCUT2D eigenvalue weighted by molar-refractivity contribution is 8.89. The topological polar surface area (TPSA) is 24.9 Å². The summed E-state index contributed by atoms with van der Waals surface area (Å²) in [6, 6.07) is 16.2. The van der Waals surface area contributed by atoms with E-state index in [1.54, 1.807) is 35.8 Å². The van der Waals surface area contributed by atoms with Crippen LogP contribution in [0.3, 0.4) is 0 Å². The molecule has 0 aliphatic carbocycles. The van der Waals surface area contributed by atoms with Crippen molar-refractivity contribution >= 4 is 54.7 Å². The summed E-state index contributed by atoms with van der Waals surface area (Å²) >= 11 is 11.3. The third kappa shape index (κ3) is 7.65. The number of ether oxygens (including phenoxy) is 2. The molecule has 2 rings (SSSR count). The summed E-state index contributed by atoms with van der Waals surface area (Å²) in [7, 11) is 6.45. The van der Waals surface area contributed by atoms with Crippen molar-refractivity contribution in [2.75, 3.05) is 27.3 Å². The molecule has 0 aliphatic heterocycles. The van der Waals surface area contributed by atoms with Crippen LogP contribution in [0.4, 0.5) is 0 Å². The van der Waals surface area contributed by atoms with Crippen LogP contribution in [0.5, 0.6) is 11.5 Å². The van der Waals surface area contributed by atoms with Gasteiger partial charge in [-0.15, -0.1) is 0 Å². The Kier molecular flexibility index (Phi) is 10.8. The van der Waals surface area contributed by atoms with E-state index in [0.29, 0.717) is 0 Å². The van der Waals surface area contributed by atoms with Gasteiger partial charge in [-0.1, -0.05) is 48.7 Å². The minimum Gasteiger partial charge on any atom is -0.497 e. The normalized spacial score (nSPS) is 10.4. The lowest BCUT2D eigenvalue weighted by Gasteiger charge is -2.25. The van der Waals surface area contributed by atoms with Crippen molar-refractivity contribution in [2.45, 2.75) is 26.9 Å². The fourth-order valence-electron chi connectivity index (χ4n) is 2.69. The first kappa shape index (κ1) is 24.8. The van der Waals surface area contributed by atoms with E-state index in [2.05, 4.69) is 47.9 Å². The number of thiocarbonyl (C=S) groups is 2. The van der Waals surface area contributed by atoms with E-state index in [1.165, 1.54) is 11.1 Å². The Morgan fingerprint density at radius 2 is 1.03 bits per heavy atom. The first-order valence-corrected chi connectivity index (χ1v) is 12.7. The van der Waals surface area contributed by atoms with Crippen molar-refractivity contribution < 1.29 is 9.47 Å². The molecule has 0 N–H and O–H groups in total. The van der Waals surface area contributed by atoms with Crippen LogP contribution < -0.4 is 9.47 Å². The molecule has 0 heterocycles. The van der Waals surface area contributed by atoms with Crippen molar-refractivity contribution in [3.05, 3.63) is 59.7 Å². The van der Waals surface area contributed by atoms with Gasteiger partial charge in [-0.25, -0.2) is 0 Å². The molecule has 0 unspecified atom stereocenters. The second kappa shape index (κ2) is 13.0. The maximum Gasteiger partial charge on any atom is 0.147 e. The number of hydrogen-bond acceptors (Lipinski definition) is 6. The van der Waals surface area contributed by atoms with E-state index >= 15 is 0 Å². The Balaban J connectivity index is 1.88. The Labute approximate surface area is 198 Å². The van der Waals surface area contributed by atoms with Crippen LogP contribution in [0.2, 0.25) is 0 Å². The molecule has 0 spiro atoms. The number of benzene rings is 2. The zero-order valence-corrected chi connectivity index (χ0v) is 21.1. The summed E-state index contributed by atoms with van der Waals surface area (Å²) in [6.07, 6.45) is 0. The lowest BCUT2D eigenvalue weighted by molar-refractivity contribution is 0.413. The molecule has 30 heavy (non-hydrogen) atoms. The van der Waals surface area contributed by atoms with E-state index in [4.69, 9.17) is 33.9 Å². The van der Waals surface area contributed by atoms with Gasteiger partial charge in [0.1, 0.15) is 20.1 Å². The summed E-state index contributed by atoms with van der Waals surface area (Å²) in [4.78, 5) is 4.36. The van der Waals surface area contributed by atoms with Crippen molar-refractivity contribution in [1.29, 1.82) is 0 Å². The third-order valence-electron chi connectivity index (χ3n) is 4.53. The molecule has 2 aromatic carbocycles. The SMILES string of the molecule is CCN(Cc1ccc(OC)cc1)C(=S)SSC(=S)N(CC)Cc1ccc(OC)cc1. The minimum atomic E-state index is 0.767. The van der Waals surface area contributed by atoms with Crippen molar-refractivity contribution in [1.82, 2.24) is 9.80 Å². The number of nitrogens with zero attached hydrogens (tertiary/aromatic N) is 2. The van der Waals surface area contributed by atoms with E-state index in [1.807, 2.05) is 24.3 Å². The van der Waals surface area contributed by atoms with E-state index in [-0.39, 0.29) is 0 Å². The van der Waals surface area contributed by atoms with E-state index in [9.17, 15) is 0 Å². The lowest BCUT2D eigenvalue weighted by atomic mass is 10.2. The molecule has 0 aromatic heterocycles. The molecule has 8 heteroatoms. The summed E-state index contributed by atoms with van der Waals surface area (Å²) < 4.78 is 12.1. The van der Waals surface area contributed by atoms with Crippen molar-refractivity contribution in [3.8, 4) is 11.5 Å². The Bertz CT molecular complexity index is 743. The van der Waals surface area contributed by atoms with Gasteiger partial charge in [-0.2, -0.15) is 0 Å². The smallest absolute Gasteiger partial charge is 0.147 e. The fraction of sp³-hybridized carbons (Fsp3) is 0.364. The van der Waals surface area contributed by atoms with Crippen LogP contribution in [0.1, 0.15) is 25.0 Å². The molecule has 0 bridgehead atoms. The van der Waals surface area contributed by atoms with E-state index in [0.717, 1.165) is 46.3 Å². The molecule has 0 aliphatic rings. The Morgan fingerprint density at radius 1 is 0.700 bits per heavy atom. The van der Waals surface area contributed by atoms with Gasteiger partial charge in [0.25, 0.3) is 0 Å². The van der Waals surface area contributed by atoms with Crippen LogP contribution in [-0.2, 0) is 13.1 Å². The average Bonchev–Trinajstić information content (AvgIpc) is 2.79. The first-order chi connectivity index (χ1) is 14.5. The highest BCUT2D eigenvalue weighted by Crippen LogP contribution is 2.30. The molecule has 0 amide bonds. The molecule has 2 aromatic rings. The summed E-state index contributed by atoms with van der Waals surface area (Å²) in [5, 5.41) is 0. The van der Waals surface area contributed by atoms with Gasteiger partial charge >= 0.3 is 0 Å². The lowest BCUT2D eigenvalue weighted by Crippen LogP contribution is -2.28. The summed E-state index contributed by atoms with van der Waals surface area (Å²) in [6.45, 7) is 7.44. The molecular weight excluding hydrogens is 453 g/mol. The maximum atomic E-state index is 5.67. The molecule has 0 radical (unpaired) electrons. The van der Waals surface area contributed by atoms with Gasteiger partial charge in [-0.3, -0.25) is 0 Å². The highest BCUT2D eigenvalue weighted by atomic mass is 33.1. The fourth-order valence-corrected chi connectivity index (χ4v) is 5.49. The van der Waals surface area contributed by atoms with Gasteiger partial charge in [0.05, 0.1) is 14.2 Å². The number of rotatable bonds is 8. The molecule has 0 atom stereocenters. The largest absolute Gasteiger partial charge is 0.497 e. The predicted molar refractivity (Wildman–Crippen MR) is 139 cm³/mol. The molecule has 4 nitrogen and oxygen atoms in total. The second-order valence-electron chi connectivity index (χ2n) is 6.42. The van der Waals surface area contributed by atoms with Gasteiger partial charge in [0.2, 0.25) is 0 Å². The highest BCUT2D eigenvalue weighted by Gasteiger charge is 2.14. The van der Waals surface area contributed by atoms with Crippen LogP contribution in [0.15, 0.2) is 48.5 Å². The average molecular weight is 481 g/mol. The quantitative estimate of drug-likeness (QED) is 0.335. The van der Waals surface area contributed by atoms with Crippen LogP contribution in [0.25, 0.3) is 0 Å². The first-order valence-electron chi connectivity index (χ1n) is 9.68. The predicted octanol–water partition coefficient (Wildman–Crippen LogP) is 6.00. The van der Waals surface area contributed by atoms with Gasteiger partial charge in [0, 0.05) is 26.2 Å². The molecule has 0 saturated heterocycles. The molecule has 0 fully saturated rings. The van der Waals surface area contributed by atoms with Crippen LogP contribution in [0, 0.1) is 0 Å².